The van der Waals surface area contributed by atoms with Gasteiger partial charge < -0.3 is 5.32 Å². The predicted molar refractivity (Wildman–Crippen MR) is 100.0 cm³/mol. The van der Waals surface area contributed by atoms with Crippen LogP contribution in [0.5, 0.6) is 0 Å². The number of benzene rings is 1. The van der Waals surface area contributed by atoms with Gasteiger partial charge in [-0.25, -0.2) is 0 Å². The molecule has 134 valence electrons. The molecule has 2 heterocycles. The third-order valence-electron chi connectivity index (χ3n) is 5.33. The van der Waals surface area contributed by atoms with Crippen molar-refractivity contribution in [3.05, 3.63) is 59.4 Å². The fourth-order valence-electron chi connectivity index (χ4n) is 3.98. The molecule has 2 aromatic rings. The van der Waals surface area contributed by atoms with Gasteiger partial charge in [0, 0.05) is 17.9 Å². The van der Waals surface area contributed by atoms with Gasteiger partial charge in [-0.1, -0.05) is 30.5 Å². The summed E-state index contributed by atoms with van der Waals surface area (Å²) in [6.45, 7) is 2.01. The summed E-state index contributed by atoms with van der Waals surface area (Å²) in [4.78, 5) is 31.7. The quantitative estimate of drug-likeness (QED) is 0.918. The molecule has 0 bridgehead atoms. The Morgan fingerprint density at radius 1 is 1.19 bits per heavy atom. The molecule has 0 spiro atoms. The Kier molecular flexibility index (Phi) is 4.45. The summed E-state index contributed by atoms with van der Waals surface area (Å²) in [6.07, 6.45) is 6.37. The molecular formula is C21H23N3O2. The highest BCUT2D eigenvalue weighted by Gasteiger charge is 2.40. The van der Waals surface area contributed by atoms with Crippen molar-refractivity contribution in [2.45, 2.75) is 51.1 Å². The van der Waals surface area contributed by atoms with Crippen LogP contribution in [0.2, 0.25) is 0 Å². The van der Waals surface area contributed by atoms with Crippen LogP contribution < -0.4 is 10.2 Å². The molecule has 4 rings (SSSR count). The largest absolute Gasteiger partial charge is 0.353 e. The Morgan fingerprint density at radius 2 is 1.92 bits per heavy atom. The molecule has 0 radical (unpaired) electrons. The predicted octanol–water partition coefficient (Wildman–Crippen LogP) is 3.54. The maximum absolute atomic E-state index is 13.0. The number of nitrogens with one attached hydrogen (secondary N) is 1. The summed E-state index contributed by atoms with van der Waals surface area (Å²) in [7, 11) is 0. The molecule has 1 atom stereocenters. The van der Waals surface area contributed by atoms with Crippen molar-refractivity contribution in [1.29, 1.82) is 0 Å². The zero-order chi connectivity index (χ0) is 18.1. The van der Waals surface area contributed by atoms with Crippen LogP contribution in [0.1, 0.15) is 59.8 Å². The van der Waals surface area contributed by atoms with E-state index in [9.17, 15) is 9.59 Å². The monoisotopic (exact) mass is 349 g/mol. The van der Waals surface area contributed by atoms with Gasteiger partial charge in [0.05, 0.1) is 23.7 Å². The number of hydrogen-bond acceptors (Lipinski definition) is 3. The van der Waals surface area contributed by atoms with E-state index in [0.29, 0.717) is 11.3 Å². The zero-order valence-corrected chi connectivity index (χ0v) is 14.9. The van der Waals surface area contributed by atoms with E-state index in [2.05, 4.69) is 10.3 Å². The highest BCUT2D eigenvalue weighted by molar-refractivity contribution is 6.11. The molecule has 1 saturated carbocycles. The number of pyridine rings is 1. The number of aromatic nitrogens is 1. The van der Waals surface area contributed by atoms with Gasteiger partial charge in [0.15, 0.2) is 0 Å². The fourth-order valence-corrected chi connectivity index (χ4v) is 3.98. The number of aryl methyl sites for hydroxylation is 1. The van der Waals surface area contributed by atoms with E-state index in [4.69, 9.17) is 0 Å². The molecule has 5 nitrogen and oxygen atoms in total. The maximum Gasteiger partial charge on any atom is 0.260 e. The minimum atomic E-state index is -0.359. The molecule has 1 N–H and O–H groups in total. The highest BCUT2D eigenvalue weighted by Crippen LogP contribution is 2.38. The van der Waals surface area contributed by atoms with Gasteiger partial charge in [0.1, 0.15) is 0 Å². The molecule has 1 aliphatic carbocycles. The van der Waals surface area contributed by atoms with Gasteiger partial charge in [0.2, 0.25) is 5.91 Å². The average molecular weight is 349 g/mol. The van der Waals surface area contributed by atoms with E-state index in [1.807, 2.05) is 31.2 Å². The number of carbonyl (C=O) groups excluding carboxylic acids is 2. The Labute approximate surface area is 153 Å². The van der Waals surface area contributed by atoms with Crippen molar-refractivity contribution < 1.29 is 9.59 Å². The van der Waals surface area contributed by atoms with Gasteiger partial charge in [-0.3, -0.25) is 19.5 Å². The van der Waals surface area contributed by atoms with Crippen LogP contribution in [-0.4, -0.2) is 22.8 Å². The van der Waals surface area contributed by atoms with Crippen LogP contribution in [0.4, 0.5) is 5.69 Å². The summed E-state index contributed by atoms with van der Waals surface area (Å²) >= 11 is 0. The van der Waals surface area contributed by atoms with Crippen LogP contribution in [0.15, 0.2) is 42.6 Å². The lowest BCUT2D eigenvalue weighted by molar-refractivity contribution is -0.122. The Morgan fingerprint density at radius 3 is 2.65 bits per heavy atom. The lowest BCUT2D eigenvalue weighted by Gasteiger charge is -2.25. The molecule has 1 aromatic carbocycles. The second kappa shape index (κ2) is 6.90. The van der Waals surface area contributed by atoms with Crippen LogP contribution >= 0.6 is 0 Å². The van der Waals surface area contributed by atoms with Crippen LogP contribution in [0, 0.1) is 6.92 Å². The number of hydrogen-bond donors (Lipinski definition) is 1. The molecule has 2 amide bonds. The molecule has 0 saturated heterocycles. The van der Waals surface area contributed by atoms with Crippen LogP contribution in [-0.2, 0) is 4.79 Å². The van der Waals surface area contributed by atoms with E-state index < -0.39 is 0 Å². The molecule has 0 unspecified atom stereocenters. The lowest BCUT2D eigenvalue weighted by Crippen LogP contribution is -2.36. The molecule has 1 aliphatic heterocycles. The summed E-state index contributed by atoms with van der Waals surface area (Å²) < 4.78 is 0. The second-order valence-electron chi connectivity index (χ2n) is 7.22. The van der Waals surface area contributed by atoms with E-state index in [0.717, 1.165) is 24.1 Å². The van der Waals surface area contributed by atoms with E-state index in [-0.39, 0.29) is 30.3 Å². The zero-order valence-electron chi connectivity index (χ0n) is 14.9. The Hall–Kier alpha value is -2.69. The number of fused-ring (bicyclic) bond motifs is 1. The smallest absolute Gasteiger partial charge is 0.260 e. The first-order chi connectivity index (χ1) is 12.6. The van der Waals surface area contributed by atoms with Crippen molar-refractivity contribution in [3.63, 3.8) is 0 Å². The van der Waals surface area contributed by atoms with Crippen molar-refractivity contribution in [2.24, 2.45) is 0 Å². The molecule has 1 aromatic heterocycles. The van der Waals surface area contributed by atoms with Gasteiger partial charge in [-0.15, -0.1) is 0 Å². The lowest BCUT2D eigenvalue weighted by atomic mass is 10.1. The van der Waals surface area contributed by atoms with Crippen molar-refractivity contribution in [1.82, 2.24) is 10.3 Å². The number of amides is 2. The first-order valence-electron chi connectivity index (χ1n) is 9.28. The van der Waals surface area contributed by atoms with E-state index in [1.54, 1.807) is 23.2 Å². The molecule has 5 heteroatoms. The third-order valence-corrected chi connectivity index (χ3v) is 5.33. The standard InChI is InChI=1S/C21H23N3O2/c1-14-8-10-16(11-9-14)24-18(13-19(25)23-15-5-2-3-6-15)20-17(21(24)26)7-4-12-22-20/h4,7-12,15,18H,2-3,5-6,13H2,1H3,(H,23,25)/t18-/m0/s1. The van der Waals surface area contributed by atoms with Gasteiger partial charge >= 0.3 is 0 Å². The average Bonchev–Trinajstić information content (AvgIpc) is 3.24. The topological polar surface area (TPSA) is 62.3 Å². The summed E-state index contributed by atoms with van der Waals surface area (Å²) in [6, 6.07) is 11.3. The minimum Gasteiger partial charge on any atom is -0.353 e. The molecular weight excluding hydrogens is 326 g/mol. The van der Waals surface area contributed by atoms with Crippen LogP contribution in [0.3, 0.4) is 0 Å². The van der Waals surface area contributed by atoms with Crippen LogP contribution in [0.25, 0.3) is 0 Å². The fraction of sp³-hybridized carbons (Fsp3) is 0.381. The summed E-state index contributed by atoms with van der Waals surface area (Å²) in [5.41, 5.74) is 3.22. The van der Waals surface area contributed by atoms with Gasteiger partial charge in [-0.05, 0) is 44.0 Å². The van der Waals surface area contributed by atoms with Crippen molar-refractivity contribution >= 4 is 17.5 Å². The number of anilines is 1. The number of rotatable bonds is 4. The first-order valence-corrected chi connectivity index (χ1v) is 9.28. The van der Waals surface area contributed by atoms with E-state index in [1.165, 1.54) is 12.8 Å². The second-order valence-corrected chi connectivity index (χ2v) is 7.22. The summed E-state index contributed by atoms with van der Waals surface area (Å²) in [5, 5.41) is 3.13. The van der Waals surface area contributed by atoms with Gasteiger partial charge in [-0.2, -0.15) is 0 Å². The van der Waals surface area contributed by atoms with Gasteiger partial charge in [0.25, 0.3) is 5.91 Å². The van der Waals surface area contributed by atoms with E-state index >= 15 is 0 Å². The number of nitrogens with zero attached hydrogens (tertiary/aromatic N) is 2. The maximum atomic E-state index is 13.0. The van der Waals surface area contributed by atoms with Crippen molar-refractivity contribution in [3.8, 4) is 0 Å². The normalized spacial score (nSPS) is 19.7. The Bertz CT molecular complexity index is 825. The first kappa shape index (κ1) is 16.8. The summed E-state index contributed by atoms with van der Waals surface area (Å²) in [5.74, 6) is -0.0964. The Balaban J connectivity index is 1.62. The third kappa shape index (κ3) is 3.09. The highest BCUT2D eigenvalue weighted by atomic mass is 16.2. The minimum absolute atomic E-state index is 0.00897. The molecule has 2 aliphatic rings. The molecule has 1 fully saturated rings. The molecule has 26 heavy (non-hydrogen) atoms. The van der Waals surface area contributed by atoms with Crippen molar-refractivity contribution in [2.75, 3.05) is 4.90 Å². The SMILES string of the molecule is Cc1ccc(N2C(=O)c3cccnc3[C@@H]2CC(=O)NC2CCCC2)cc1. The number of carbonyl (C=O) groups is 2.